The fourth-order valence-corrected chi connectivity index (χ4v) is 3.30. The monoisotopic (exact) mass is 391 g/mol. The normalized spacial score (nSPS) is 11.1. The Hall–Kier alpha value is -1.71. The highest BCUT2D eigenvalue weighted by molar-refractivity contribution is 9.10. The number of nitro groups is 1. The van der Waals surface area contributed by atoms with Crippen LogP contribution in [-0.2, 0) is 10.0 Å². The predicted molar refractivity (Wildman–Crippen MR) is 80.9 cm³/mol. The number of halogens is 2. The van der Waals surface area contributed by atoms with E-state index in [1.54, 1.807) is 0 Å². The number of aromatic nitrogens is 1. The van der Waals surface area contributed by atoms with Crippen molar-refractivity contribution in [2.75, 3.05) is 4.72 Å². The minimum absolute atomic E-state index is 0.0437. The van der Waals surface area contributed by atoms with Gasteiger partial charge >= 0.3 is 0 Å². The number of benzene rings is 1. The van der Waals surface area contributed by atoms with Gasteiger partial charge in [0.1, 0.15) is 4.90 Å². The molecule has 0 radical (unpaired) electrons. The number of nitro benzene ring substituents is 1. The zero-order valence-corrected chi connectivity index (χ0v) is 13.3. The van der Waals surface area contributed by atoms with Gasteiger partial charge in [-0.15, -0.1) is 0 Å². The van der Waals surface area contributed by atoms with Crippen LogP contribution in [0.5, 0.6) is 0 Å². The summed E-state index contributed by atoms with van der Waals surface area (Å²) in [5.41, 5.74) is -0.186. The topological polar surface area (TPSA) is 102 Å². The summed E-state index contributed by atoms with van der Waals surface area (Å²) in [6, 6.07) is 4.82. The van der Waals surface area contributed by atoms with E-state index in [0.29, 0.717) is 4.47 Å². The van der Waals surface area contributed by atoms with Crippen LogP contribution in [0.2, 0.25) is 5.02 Å². The van der Waals surface area contributed by atoms with Gasteiger partial charge in [-0.3, -0.25) is 19.8 Å². The van der Waals surface area contributed by atoms with Gasteiger partial charge in [-0.05, 0) is 28.1 Å². The molecule has 0 aliphatic carbocycles. The first kappa shape index (κ1) is 15.7. The largest absolute Gasteiger partial charge is 0.278 e. The van der Waals surface area contributed by atoms with Crippen LogP contribution < -0.4 is 4.72 Å². The number of nitrogens with zero attached hydrogens (tertiary/aromatic N) is 2. The van der Waals surface area contributed by atoms with Gasteiger partial charge in [-0.2, -0.15) is 0 Å². The molecule has 0 bridgehead atoms. The molecule has 0 saturated heterocycles. The van der Waals surface area contributed by atoms with Crippen molar-refractivity contribution in [3.63, 3.8) is 0 Å². The van der Waals surface area contributed by atoms with Crippen molar-refractivity contribution >= 4 is 48.9 Å². The van der Waals surface area contributed by atoms with Crippen LogP contribution >= 0.6 is 27.5 Å². The van der Waals surface area contributed by atoms with Crippen molar-refractivity contribution in [3.05, 3.63) is 56.3 Å². The van der Waals surface area contributed by atoms with E-state index >= 15 is 0 Å². The van der Waals surface area contributed by atoms with Crippen LogP contribution in [-0.4, -0.2) is 18.3 Å². The maximum absolute atomic E-state index is 12.2. The minimum Gasteiger partial charge on any atom is -0.278 e. The van der Waals surface area contributed by atoms with Gasteiger partial charge in [0, 0.05) is 29.0 Å². The lowest BCUT2D eigenvalue weighted by atomic mass is 10.3. The van der Waals surface area contributed by atoms with Crippen molar-refractivity contribution in [2.45, 2.75) is 4.90 Å². The van der Waals surface area contributed by atoms with Crippen LogP contribution in [0.3, 0.4) is 0 Å². The van der Waals surface area contributed by atoms with E-state index in [0.717, 1.165) is 12.1 Å². The van der Waals surface area contributed by atoms with Gasteiger partial charge in [0.15, 0.2) is 0 Å². The maximum atomic E-state index is 12.2. The summed E-state index contributed by atoms with van der Waals surface area (Å²) >= 11 is 8.97. The van der Waals surface area contributed by atoms with Crippen molar-refractivity contribution < 1.29 is 13.3 Å². The average molecular weight is 393 g/mol. The summed E-state index contributed by atoms with van der Waals surface area (Å²) in [7, 11) is -3.89. The Morgan fingerprint density at radius 1 is 1.29 bits per heavy atom. The predicted octanol–water partition coefficient (Wildman–Crippen LogP) is 3.21. The molecule has 0 unspecified atom stereocenters. The Balaban J connectivity index is 2.35. The SMILES string of the molecule is O=[N+]([O-])c1ccc(NS(=O)(=O)c2cncc(Br)c2)c(Cl)c1. The molecule has 1 heterocycles. The smallest absolute Gasteiger partial charge is 0.271 e. The molecule has 0 atom stereocenters. The van der Waals surface area contributed by atoms with Crippen LogP contribution in [0, 0.1) is 10.1 Å². The summed E-state index contributed by atoms with van der Waals surface area (Å²) < 4.78 is 27.1. The first-order chi connectivity index (χ1) is 9.79. The Labute approximate surface area is 133 Å². The number of hydrogen-bond donors (Lipinski definition) is 1. The second-order valence-corrected chi connectivity index (χ2v) is 6.87. The first-order valence-corrected chi connectivity index (χ1v) is 8.02. The zero-order chi connectivity index (χ0) is 15.6. The molecule has 1 N–H and O–H groups in total. The molecule has 0 amide bonds. The molecule has 110 valence electrons. The molecule has 1 aromatic heterocycles. The molecule has 0 aliphatic heterocycles. The van der Waals surface area contributed by atoms with E-state index in [1.807, 2.05) is 0 Å². The quantitative estimate of drug-likeness (QED) is 0.636. The molecule has 0 saturated carbocycles. The molecule has 10 heteroatoms. The molecule has 2 rings (SSSR count). The number of sulfonamides is 1. The highest BCUT2D eigenvalue weighted by Gasteiger charge is 2.18. The third-order valence-corrected chi connectivity index (χ3v) is 4.48. The molecule has 0 aliphatic rings. The van der Waals surface area contributed by atoms with Gasteiger partial charge < -0.3 is 0 Å². The average Bonchev–Trinajstić information content (AvgIpc) is 2.40. The maximum Gasteiger partial charge on any atom is 0.271 e. The van der Waals surface area contributed by atoms with Crippen LogP contribution in [0.4, 0.5) is 11.4 Å². The second-order valence-electron chi connectivity index (χ2n) is 3.87. The van der Waals surface area contributed by atoms with Crippen molar-refractivity contribution in [1.82, 2.24) is 4.98 Å². The zero-order valence-electron chi connectivity index (χ0n) is 10.2. The Morgan fingerprint density at radius 2 is 2.00 bits per heavy atom. The number of nitrogens with one attached hydrogen (secondary N) is 1. The van der Waals surface area contributed by atoms with Crippen molar-refractivity contribution in [3.8, 4) is 0 Å². The van der Waals surface area contributed by atoms with E-state index in [-0.39, 0.29) is 21.3 Å². The molecular formula is C11H7BrClN3O4S. The fraction of sp³-hybridized carbons (Fsp3) is 0. The van der Waals surface area contributed by atoms with E-state index in [4.69, 9.17) is 11.6 Å². The highest BCUT2D eigenvalue weighted by atomic mass is 79.9. The Bertz CT molecular complexity index is 813. The number of non-ortho nitro benzene ring substituents is 1. The van der Waals surface area contributed by atoms with Crippen LogP contribution in [0.15, 0.2) is 46.0 Å². The molecular weight excluding hydrogens is 386 g/mol. The number of hydrogen-bond acceptors (Lipinski definition) is 5. The van der Waals surface area contributed by atoms with Crippen molar-refractivity contribution in [1.29, 1.82) is 0 Å². The van der Waals surface area contributed by atoms with E-state index in [1.165, 1.54) is 24.5 Å². The van der Waals surface area contributed by atoms with Gasteiger partial charge in [0.05, 0.1) is 15.6 Å². The number of anilines is 1. The molecule has 7 nitrogen and oxygen atoms in total. The summed E-state index contributed by atoms with van der Waals surface area (Å²) in [5.74, 6) is 0. The molecule has 1 aromatic carbocycles. The minimum atomic E-state index is -3.89. The Kier molecular flexibility index (Phi) is 4.45. The van der Waals surface area contributed by atoms with Crippen LogP contribution in [0.25, 0.3) is 0 Å². The third-order valence-electron chi connectivity index (χ3n) is 2.40. The molecule has 2 aromatic rings. The lowest BCUT2D eigenvalue weighted by Gasteiger charge is -2.09. The highest BCUT2D eigenvalue weighted by Crippen LogP contribution is 2.28. The third kappa shape index (κ3) is 3.69. The van der Waals surface area contributed by atoms with Gasteiger partial charge in [-0.1, -0.05) is 11.6 Å². The molecule has 21 heavy (non-hydrogen) atoms. The van der Waals surface area contributed by atoms with Crippen molar-refractivity contribution in [2.24, 2.45) is 0 Å². The lowest BCUT2D eigenvalue weighted by Crippen LogP contribution is -2.13. The standard InChI is InChI=1S/C11H7BrClN3O4S/c12-7-3-9(6-14-5-7)21(19,20)15-11-2-1-8(16(17)18)4-10(11)13/h1-6,15H. The number of rotatable bonds is 4. The summed E-state index contributed by atoms with van der Waals surface area (Å²) in [4.78, 5) is 13.7. The fourth-order valence-electron chi connectivity index (χ4n) is 1.44. The lowest BCUT2D eigenvalue weighted by molar-refractivity contribution is -0.384. The second kappa shape index (κ2) is 5.96. The summed E-state index contributed by atoms with van der Waals surface area (Å²) in [6.45, 7) is 0. The van der Waals surface area contributed by atoms with E-state index < -0.39 is 14.9 Å². The van der Waals surface area contributed by atoms with E-state index in [2.05, 4.69) is 25.6 Å². The first-order valence-electron chi connectivity index (χ1n) is 5.37. The Morgan fingerprint density at radius 3 is 2.57 bits per heavy atom. The van der Waals surface area contributed by atoms with Gasteiger partial charge in [0.25, 0.3) is 15.7 Å². The van der Waals surface area contributed by atoms with Crippen LogP contribution in [0.1, 0.15) is 0 Å². The molecule has 0 spiro atoms. The summed E-state index contributed by atoms with van der Waals surface area (Å²) in [6.07, 6.45) is 2.62. The molecule has 0 fully saturated rings. The number of pyridine rings is 1. The van der Waals surface area contributed by atoms with Gasteiger partial charge in [0.2, 0.25) is 0 Å². The van der Waals surface area contributed by atoms with Gasteiger partial charge in [-0.25, -0.2) is 8.42 Å². The van der Waals surface area contributed by atoms with E-state index in [9.17, 15) is 18.5 Å². The summed E-state index contributed by atoms with van der Waals surface area (Å²) in [5, 5.41) is 10.5.